The molecule has 0 saturated heterocycles. The van der Waals surface area contributed by atoms with Crippen molar-refractivity contribution in [1.82, 2.24) is 9.97 Å². The summed E-state index contributed by atoms with van der Waals surface area (Å²) >= 11 is 0. The lowest BCUT2D eigenvalue weighted by Crippen LogP contribution is -2.04. The van der Waals surface area contributed by atoms with Gasteiger partial charge in [-0.1, -0.05) is 0 Å². The first-order valence-electron chi connectivity index (χ1n) is 2.88. The van der Waals surface area contributed by atoms with Crippen molar-refractivity contribution < 1.29 is 23.2 Å². The van der Waals surface area contributed by atoms with Gasteiger partial charge in [-0.15, -0.1) is 0 Å². The molecule has 1 aromatic heterocycles. The van der Waals surface area contributed by atoms with Crippen LogP contribution < -0.4 is 4.74 Å². The van der Waals surface area contributed by atoms with E-state index in [-0.39, 0.29) is 11.4 Å². The highest BCUT2D eigenvalue weighted by Crippen LogP contribution is 2.07. The topological polar surface area (TPSA) is 121 Å². The van der Waals surface area contributed by atoms with Gasteiger partial charge in [-0.2, -0.15) is 13.4 Å². The van der Waals surface area contributed by atoms with E-state index in [1.165, 1.54) is 19.4 Å². The predicted molar refractivity (Wildman–Crippen MR) is 42.0 cm³/mol. The number of hydrogen-bond acceptors (Lipinski definition) is 5. The first kappa shape index (κ1) is 11.8. The van der Waals surface area contributed by atoms with Gasteiger partial charge < -0.3 is 10.2 Å². The highest BCUT2D eigenvalue weighted by atomic mass is 32.2. The van der Waals surface area contributed by atoms with Gasteiger partial charge in [-0.3, -0.25) is 4.55 Å². The number of hydrogen-bond donors (Lipinski definition) is 1. The Kier molecular flexibility index (Phi) is 3.72. The van der Waals surface area contributed by atoms with Gasteiger partial charge in [0, 0.05) is 12.3 Å². The third-order valence-corrected chi connectivity index (χ3v) is 1.71. The van der Waals surface area contributed by atoms with Crippen LogP contribution in [0.2, 0.25) is 0 Å². The molecule has 0 aliphatic carbocycles. The highest BCUT2D eigenvalue weighted by molar-refractivity contribution is 7.85. The largest absolute Gasteiger partial charge is 0.481 e. The van der Waals surface area contributed by atoms with Crippen molar-refractivity contribution in [3.8, 4) is 5.88 Å². The Morgan fingerprint density at radius 2 is 2.15 bits per heavy atom. The van der Waals surface area contributed by atoms with Gasteiger partial charge in [-0.25, -0.2) is 4.98 Å². The normalized spacial score (nSPS) is 10.3. The fourth-order valence-corrected chi connectivity index (χ4v) is 0.963. The molecule has 0 fully saturated rings. The zero-order valence-corrected chi connectivity index (χ0v) is 7.45. The maximum atomic E-state index is 10.5. The van der Waals surface area contributed by atoms with Crippen LogP contribution >= 0.6 is 0 Å². The van der Waals surface area contributed by atoms with Crippen LogP contribution in [0.1, 0.15) is 0 Å². The van der Waals surface area contributed by atoms with Gasteiger partial charge >= 0.3 is 10.1 Å². The van der Waals surface area contributed by atoms with Gasteiger partial charge in [0.2, 0.25) is 5.88 Å². The average molecular weight is 208 g/mol. The minimum Gasteiger partial charge on any atom is -0.481 e. The van der Waals surface area contributed by atoms with E-state index in [0.29, 0.717) is 0 Å². The number of ether oxygens (including phenoxy) is 1. The van der Waals surface area contributed by atoms with Crippen LogP contribution in [-0.2, 0) is 10.1 Å². The van der Waals surface area contributed by atoms with Gasteiger partial charge in [-0.05, 0) is 0 Å². The van der Waals surface area contributed by atoms with Crippen molar-refractivity contribution >= 4 is 10.1 Å². The Morgan fingerprint density at radius 3 is 2.62 bits per heavy atom. The lowest BCUT2D eigenvalue weighted by molar-refractivity contribution is 0.388. The summed E-state index contributed by atoms with van der Waals surface area (Å²) < 4.78 is 34.1. The molecule has 0 aromatic carbocycles. The van der Waals surface area contributed by atoms with E-state index in [1.807, 2.05) is 0 Å². The Balaban J connectivity index is 0.00000144. The van der Waals surface area contributed by atoms with Crippen molar-refractivity contribution in [2.75, 3.05) is 7.11 Å². The molecule has 0 bridgehead atoms. The quantitative estimate of drug-likeness (QED) is 0.486. The Hall–Kier alpha value is -1.25. The molecule has 0 spiro atoms. The molecule has 74 valence electrons. The number of methoxy groups -OCH3 is 1. The van der Waals surface area contributed by atoms with E-state index in [4.69, 9.17) is 4.55 Å². The summed E-state index contributed by atoms with van der Waals surface area (Å²) in [6.45, 7) is 0. The van der Waals surface area contributed by atoms with E-state index in [9.17, 15) is 8.42 Å². The van der Waals surface area contributed by atoms with E-state index >= 15 is 0 Å². The molecule has 3 N–H and O–H groups in total. The Bertz CT molecular complexity index is 376. The second-order valence-corrected chi connectivity index (χ2v) is 3.17. The molecule has 1 rings (SSSR count). The Labute approximate surface area is 74.5 Å². The average Bonchev–Trinajstić information content (AvgIpc) is 2.03. The van der Waals surface area contributed by atoms with Crippen molar-refractivity contribution in [3.05, 3.63) is 12.3 Å². The molecular weight excluding hydrogens is 200 g/mol. The molecule has 0 aliphatic heterocycles. The molecule has 0 aliphatic rings. The van der Waals surface area contributed by atoms with Gasteiger partial charge in [0.25, 0.3) is 5.16 Å². The van der Waals surface area contributed by atoms with Crippen molar-refractivity contribution in [2.24, 2.45) is 0 Å². The van der Waals surface area contributed by atoms with Gasteiger partial charge in [0.15, 0.2) is 0 Å². The molecule has 0 atom stereocenters. The monoisotopic (exact) mass is 208 g/mol. The van der Waals surface area contributed by atoms with Crippen molar-refractivity contribution in [1.29, 1.82) is 0 Å². The summed E-state index contributed by atoms with van der Waals surface area (Å²) in [6.07, 6.45) is 1.18. The molecule has 0 amide bonds. The molecule has 1 heterocycles. The smallest absolute Gasteiger partial charge is 0.330 e. The molecule has 0 saturated carbocycles. The molecule has 13 heavy (non-hydrogen) atoms. The van der Waals surface area contributed by atoms with Crippen LogP contribution in [0, 0.1) is 0 Å². The van der Waals surface area contributed by atoms with Crippen molar-refractivity contribution in [3.63, 3.8) is 0 Å². The zero-order chi connectivity index (χ0) is 9.19. The summed E-state index contributed by atoms with van der Waals surface area (Å²) in [6, 6.07) is 1.37. The molecule has 0 unspecified atom stereocenters. The highest BCUT2D eigenvalue weighted by Gasteiger charge is 2.13. The number of rotatable bonds is 2. The SMILES string of the molecule is COc1ccnc(S(=O)(=O)O)n1.O. The second kappa shape index (κ2) is 4.12. The predicted octanol–water partition coefficient (Wildman–Crippen LogP) is -1.09. The van der Waals surface area contributed by atoms with Crippen LogP contribution in [0.3, 0.4) is 0 Å². The second-order valence-electron chi connectivity index (χ2n) is 1.86. The van der Waals surface area contributed by atoms with Crippen LogP contribution in [0.4, 0.5) is 0 Å². The zero-order valence-electron chi connectivity index (χ0n) is 6.63. The standard InChI is InChI=1S/C5H6N2O4S.H2O/c1-11-4-2-3-6-5(7-4)12(8,9)10;/h2-3H,1H3,(H,8,9,10);1H2. The number of aromatic nitrogens is 2. The van der Waals surface area contributed by atoms with Crippen molar-refractivity contribution in [2.45, 2.75) is 5.16 Å². The first-order valence-corrected chi connectivity index (χ1v) is 4.32. The van der Waals surface area contributed by atoms with E-state index in [0.717, 1.165) is 0 Å². The lowest BCUT2D eigenvalue weighted by atomic mass is 10.6. The number of nitrogens with zero attached hydrogens (tertiary/aromatic N) is 2. The van der Waals surface area contributed by atoms with E-state index < -0.39 is 15.3 Å². The van der Waals surface area contributed by atoms with Crippen LogP contribution in [0.15, 0.2) is 17.4 Å². The van der Waals surface area contributed by atoms with E-state index in [2.05, 4.69) is 14.7 Å². The first-order chi connectivity index (χ1) is 5.54. The molecule has 0 radical (unpaired) electrons. The summed E-state index contributed by atoms with van der Waals surface area (Å²) in [4.78, 5) is 6.72. The van der Waals surface area contributed by atoms with Gasteiger partial charge in [0.05, 0.1) is 7.11 Å². The maximum Gasteiger partial charge on any atom is 0.330 e. The third-order valence-electron chi connectivity index (χ3n) is 1.05. The molecule has 7 nitrogen and oxygen atoms in total. The summed E-state index contributed by atoms with van der Waals surface area (Å²) in [5.41, 5.74) is 0. The molecule has 1 aromatic rings. The summed E-state index contributed by atoms with van der Waals surface area (Å²) in [7, 11) is -3.01. The minimum atomic E-state index is -4.34. The van der Waals surface area contributed by atoms with Gasteiger partial charge in [0.1, 0.15) is 0 Å². The molecular formula is C5H8N2O5S. The Morgan fingerprint density at radius 1 is 1.54 bits per heavy atom. The summed E-state index contributed by atoms with van der Waals surface area (Å²) in [5, 5.41) is -0.665. The summed E-state index contributed by atoms with van der Waals surface area (Å²) in [5.74, 6) is 0.0811. The van der Waals surface area contributed by atoms with E-state index in [1.54, 1.807) is 0 Å². The fraction of sp³-hybridized carbons (Fsp3) is 0.200. The van der Waals surface area contributed by atoms with Crippen LogP contribution in [0.5, 0.6) is 5.88 Å². The van der Waals surface area contributed by atoms with Crippen LogP contribution in [-0.4, -0.2) is 35.5 Å². The molecule has 8 heteroatoms. The minimum absolute atomic E-state index is 0. The third kappa shape index (κ3) is 2.93. The maximum absolute atomic E-state index is 10.5. The fourth-order valence-electron chi connectivity index (χ4n) is 0.563. The lowest BCUT2D eigenvalue weighted by Gasteiger charge is -1.98. The van der Waals surface area contributed by atoms with Crippen LogP contribution in [0.25, 0.3) is 0 Å².